The van der Waals surface area contributed by atoms with Crippen molar-refractivity contribution in [2.45, 2.75) is 33.6 Å². The number of ether oxygens (including phenoxy) is 2. The fraction of sp³-hybridized carbons (Fsp3) is 0.455. The summed E-state index contributed by atoms with van der Waals surface area (Å²) in [6.45, 7) is 8.65. The van der Waals surface area contributed by atoms with Gasteiger partial charge in [-0.25, -0.2) is 4.98 Å². The van der Waals surface area contributed by atoms with Gasteiger partial charge < -0.3 is 19.7 Å². The number of hydrogen-bond donors (Lipinski definition) is 1. The van der Waals surface area contributed by atoms with Gasteiger partial charge in [-0.2, -0.15) is 9.61 Å². The first-order valence-corrected chi connectivity index (χ1v) is 10.1. The molecule has 0 unspecified atom stereocenters. The van der Waals surface area contributed by atoms with Crippen molar-refractivity contribution < 1.29 is 9.47 Å². The maximum absolute atomic E-state index is 5.86. The summed E-state index contributed by atoms with van der Waals surface area (Å²) in [4.78, 5) is 7.03. The Morgan fingerprint density at radius 3 is 2.66 bits per heavy atom. The summed E-state index contributed by atoms with van der Waals surface area (Å²) in [5.74, 6) is 2.25. The van der Waals surface area contributed by atoms with Gasteiger partial charge in [0.05, 0.1) is 19.9 Å². The van der Waals surface area contributed by atoms with Crippen LogP contribution in [0, 0.1) is 6.92 Å². The molecule has 0 aliphatic rings. The highest BCUT2D eigenvalue weighted by Gasteiger charge is 2.22. The fourth-order valence-electron chi connectivity index (χ4n) is 3.52. The monoisotopic (exact) mass is 397 g/mol. The lowest BCUT2D eigenvalue weighted by atomic mass is 10.1. The number of hydrogen-bond acceptors (Lipinski definition) is 6. The quantitative estimate of drug-likeness (QED) is 0.553. The highest BCUT2D eigenvalue weighted by molar-refractivity contribution is 5.75. The van der Waals surface area contributed by atoms with Crippen molar-refractivity contribution in [2.24, 2.45) is 0 Å². The highest BCUT2D eigenvalue weighted by Crippen LogP contribution is 2.37. The van der Waals surface area contributed by atoms with Gasteiger partial charge in [0.2, 0.25) is 5.75 Å². The Hall–Kier alpha value is -2.80. The van der Waals surface area contributed by atoms with Crippen LogP contribution in [0.2, 0.25) is 0 Å². The number of nitrogens with zero attached hydrogens (tertiary/aromatic N) is 4. The van der Waals surface area contributed by atoms with Crippen LogP contribution in [0.1, 0.15) is 31.4 Å². The van der Waals surface area contributed by atoms with Crippen molar-refractivity contribution in [3.63, 3.8) is 0 Å². The van der Waals surface area contributed by atoms with E-state index in [-0.39, 0.29) is 0 Å². The van der Waals surface area contributed by atoms with Crippen LogP contribution >= 0.6 is 0 Å². The lowest BCUT2D eigenvalue weighted by Gasteiger charge is -2.27. The molecular weight excluding hydrogens is 366 g/mol. The SMILES string of the molecule is CCCN(CCOC)c1c(OC)c(Nc2ccc(C)cc2CC)nc2ccnn12. The Labute approximate surface area is 172 Å². The van der Waals surface area contributed by atoms with E-state index in [1.807, 2.05) is 10.6 Å². The number of methoxy groups -OCH3 is 2. The van der Waals surface area contributed by atoms with Crippen molar-refractivity contribution in [3.05, 3.63) is 41.6 Å². The van der Waals surface area contributed by atoms with E-state index in [9.17, 15) is 0 Å². The Bertz CT molecular complexity index is 954. The second-order valence-electron chi connectivity index (χ2n) is 7.04. The number of nitrogens with one attached hydrogen (secondary N) is 1. The van der Waals surface area contributed by atoms with Gasteiger partial charge in [0.1, 0.15) is 0 Å². The zero-order valence-electron chi connectivity index (χ0n) is 18.0. The molecule has 0 saturated heterocycles. The van der Waals surface area contributed by atoms with Gasteiger partial charge in [-0.3, -0.25) is 0 Å². The van der Waals surface area contributed by atoms with Crippen LogP contribution in [0.15, 0.2) is 30.5 Å². The van der Waals surface area contributed by atoms with Gasteiger partial charge in [-0.1, -0.05) is 31.5 Å². The van der Waals surface area contributed by atoms with Crippen LogP contribution in [0.4, 0.5) is 17.3 Å². The number of aryl methyl sites for hydroxylation is 2. The normalized spacial score (nSPS) is 11.1. The summed E-state index contributed by atoms with van der Waals surface area (Å²) in [5, 5.41) is 8.01. The fourth-order valence-corrected chi connectivity index (χ4v) is 3.52. The summed E-state index contributed by atoms with van der Waals surface area (Å²) in [7, 11) is 3.39. The molecule has 2 aromatic heterocycles. The van der Waals surface area contributed by atoms with E-state index in [0.29, 0.717) is 18.2 Å². The van der Waals surface area contributed by atoms with E-state index in [1.54, 1.807) is 20.4 Å². The van der Waals surface area contributed by atoms with Crippen molar-refractivity contribution in [1.82, 2.24) is 14.6 Å². The van der Waals surface area contributed by atoms with Crippen LogP contribution in [-0.4, -0.2) is 48.5 Å². The van der Waals surface area contributed by atoms with Crippen LogP contribution in [0.25, 0.3) is 5.65 Å². The molecule has 0 saturated carbocycles. The van der Waals surface area contributed by atoms with E-state index in [2.05, 4.69) is 54.3 Å². The third-order valence-corrected chi connectivity index (χ3v) is 4.93. The summed E-state index contributed by atoms with van der Waals surface area (Å²) in [6, 6.07) is 8.32. The van der Waals surface area contributed by atoms with Crippen molar-refractivity contribution in [2.75, 3.05) is 44.1 Å². The van der Waals surface area contributed by atoms with E-state index in [1.165, 1.54) is 11.1 Å². The summed E-state index contributed by atoms with van der Waals surface area (Å²) in [6.07, 6.45) is 3.70. The zero-order chi connectivity index (χ0) is 20.8. The second-order valence-corrected chi connectivity index (χ2v) is 7.04. The molecule has 0 aliphatic heterocycles. The molecule has 0 radical (unpaired) electrons. The molecule has 3 rings (SSSR count). The molecule has 1 N–H and O–H groups in total. The molecule has 0 atom stereocenters. The number of rotatable bonds is 10. The van der Waals surface area contributed by atoms with Crippen molar-refractivity contribution >= 4 is 23.0 Å². The molecule has 0 spiro atoms. The Morgan fingerprint density at radius 2 is 1.97 bits per heavy atom. The summed E-state index contributed by atoms with van der Waals surface area (Å²) < 4.78 is 13.0. The van der Waals surface area contributed by atoms with Crippen molar-refractivity contribution in [3.8, 4) is 5.75 Å². The number of anilines is 3. The lowest BCUT2D eigenvalue weighted by molar-refractivity contribution is 0.204. The first-order chi connectivity index (χ1) is 14.1. The minimum atomic E-state index is 0.620. The zero-order valence-corrected chi connectivity index (χ0v) is 18.0. The molecule has 0 bridgehead atoms. The molecular formula is C22H31N5O2. The molecule has 0 aliphatic carbocycles. The predicted octanol–water partition coefficient (Wildman–Crippen LogP) is 4.22. The maximum Gasteiger partial charge on any atom is 0.204 e. The highest BCUT2D eigenvalue weighted by atomic mass is 16.5. The van der Waals surface area contributed by atoms with Crippen LogP contribution < -0.4 is 15.0 Å². The standard InChI is InChI=1S/C22H31N5O2/c1-6-12-26(13-14-28-4)22-20(29-5)21(25-19-10-11-23-27(19)22)24-18-9-8-16(3)15-17(18)7-2/h8-11,15H,6-7,12-14H2,1-5H3,(H,24,25). The number of aromatic nitrogens is 3. The van der Waals surface area contributed by atoms with E-state index < -0.39 is 0 Å². The molecule has 0 amide bonds. The van der Waals surface area contributed by atoms with Crippen LogP contribution in [0.5, 0.6) is 5.75 Å². The van der Waals surface area contributed by atoms with E-state index >= 15 is 0 Å². The molecule has 0 fully saturated rings. The first kappa shape index (κ1) is 20.9. The molecule has 3 aromatic rings. The largest absolute Gasteiger partial charge is 0.490 e. The van der Waals surface area contributed by atoms with Gasteiger partial charge in [-0.15, -0.1) is 0 Å². The van der Waals surface area contributed by atoms with Gasteiger partial charge in [0.15, 0.2) is 17.3 Å². The van der Waals surface area contributed by atoms with Gasteiger partial charge in [0.25, 0.3) is 0 Å². The minimum absolute atomic E-state index is 0.620. The lowest BCUT2D eigenvalue weighted by Crippen LogP contribution is -2.30. The topological polar surface area (TPSA) is 63.9 Å². The predicted molar refractivity (Wildman–Crippen MR) is 118 cm³/mol. The number of fused-ring (bicyclic) bond motifs is 1. The minimum Gasteiger partial charge on any atom is -0.490 e. The van der Waals surface area contributed by atoms with Gasteiger partial charge >= 0.3 is 0 Å². The summed E-state index contributed by atoms with van der Waals surface area (Å²) >= 11 is 0. The van der Waals surface area contributed by atoms with Crippen LogP contribution in [0.3, 0.4) is 0 Å². The Kier molecular flexibility index (Phi) is 6.93. The van der Waals surface area contributed by atoms with E-state index in [4.69, 9.17) is 14.5 Å². The molecule has 156 valence electrons. The second kappa shape index (κ2) is 9.60. The average Bonchev–Trinajstić information content (AvgIpc) is 3.19. The maximum atomic E-state index is 5.86. The molecule has 7 heteroatoms. The molecule has 29 heavy (non-hydrogen) atoms. The smallest absolute Gasteiger partial charge is 0.204 e. The molecule has 1 aromatic carbocycles. The molecule has 7 nitrogen and oxygen atoms in total. The Morgan fingerprint density at radius 1 is 1.14 bits per heavy atom. The first-order valence-electron chi connectivity index (χ1n) is 10.1. The molecule has 2 heterocycles. The summed E-state index contributed by atoms with van der Waals surface area (Å²) in [5.41, 5.74) is 4.30. The third kappa shape index (κ3) is 4.45. The van der Waals surface area contributed by atoms with Gasteiger partial charge in [-0.05, 0) is 31.4 Å². The number of benzene rings is 1. The van der Waals surface area contributed by atoms with E-state index in [0.717, 1.165) is 43.1 Å². The van der Waals surface area contributed by atoms with Crippen LogP contribution in [-0.2, 0) is 11.2 Å². The van der Waals surface area contributed by atoms with Crippen molar-refractivity contribution in [1.29, 1.82) is 0 Å². The van der Waals surface area contributed by atoms with Gasteiger partial charge in [0, 0.05) is 32.0 Å². The average molecular weight is 398 g/mol. The Balaban J connectivity index is 2.13. The third-order valence-electron chi connectivity index (χ3n) is 4.93.